The summed E-state index contributed by atoms with van der Waals surface area (Å²) in [4.78, 5) is 26.6. The number of nitrogens with zero attached hydrogens (tertiary/aromatic N) is 1. The average molecular weight is 315 g/mol. The van der Waals surface area contributed by atoms with E-state index in [0.29, 0.717) is 32.4 Å². The quantitative estimate of drug-likeness (QED) is 0.784. The van der Waals surface area contributed by atoms with Crippen molar-refractivity contribution in [2.45, 2.75) is 57.1 Å². The zero-order valence-electron chi connectivity index (χ0n) is 13.6. The summed E-state index contributed by atoms with van der Waals surface area (Å²) in [5.41, 5.74) is 0.735. The maximum Gasteiger partial charge on any atom is 0.222 e. The van der Waals surface area contributed by atoms with Crippen molar-refractivity contribution in [3.8, 4) is 0 Å². The molecule has 1 heterocycles. The van der Waals surface area contributed by atoms with E-state index in [4.69, 9.17) is 4.74 Å². The van der Waals surface area contributed by atoms with Crippen LogP contribution in [-0.4, -0.2) is 41.9 Å². The van der Waals surface area contributed by atoms with Gasteiger partial charge in [0.05, 0.1) is 18.8 Å². The van der Waals surface area contributed by atoms with E-state index in [0.717, 1.165) is 18.4 Å². The Bertz CT molecular complexity index is 541. The number of fused-ring (bicyclic) bond motifs is 1. The van der Waals surface area contributed by atoms with Gasteiger partial charge in [0, 0.05) is 24.9 Å². The smallest absolute Gasteiger partial charge is 0.222 e. The fourth-order valence-electron chi connectivity index (χ4n) is 3.72. The third-order valence-corrected chi connectivity index (χ3v) is 4.94. The third-order valence-electron chi connectivity index (χ3n) is 4.94. The van der Waals surface area contributed by atoms with E-state index >= 15 is 0 Å². The summed E-state index contributed by atoms with van der Waals surface area (Å²) in [6, 6.07) is 9.57. The molecule has 0 aromatic heterocycles. The summed E-state index contributed by atoms with van der Waals surface area (Å²) < 4.78 is 5.81. The van der Waals surface area contributed by atoms with Crippen LogP contribution in [0, 0.1) is 0 Å². The zero-order chi connectivity index (χ0) is 16.1. The lowest BCUT2D eigenvalue weighted by molar-refractivity contribution is -0.149. The number of hydrogen-bond acceptors (Lipinski definition) is 3. The van der Waals surface area contributed by atoms with Crippen LogP contribution in [0.15, 0.2) is 30.3 Å². The third kappa shape index (κ3) is 3.99. The minimum absolute atomic E-state index is 0.121. The van der Waals surface area contributed by atoms with Gasteiger partial charge in [-0.15, -0.1) is 0 Å². The Morgan fingerprint density at radius 3 is 2.70 bits per heavy atom. The Hall–Kier alpha value is -1.68. The summed E-state index contributed by atoms with van der Waals surface area (Å²) >= 11 is 0. The minimum Gasteiger partial charge on any atom is -0.374 e. The van der Waals surface area contributed by atoms with Crippen molar-refractivity contribution in [2.75, 3.05) is 13.2 Å². The van der Waals surface area contributed by atoms with Crippen LogP contribution in [0.2, 0.25) is 0 Å². The van der Waals surface area contributed by atoms with Gasteiger partial charge in [-0.2, -0.15) is 0 Å². The predicted molar refractivity (Wildman–Crippen MR) is 88.3 cm³/mol. The maximum atomic E-state index is 12.5. The van der Waals surface area contributed by atoms with E-state index in [2.05, 4.69) is 0 Å². The molecule has 0 bridgehead atoms. The fraction of sp³-hybridized carbons (Fsp3) is 0.579. The molecule has 2 fully saturated rings. The van der Waals surface area contributed by atoms with E-state index in [1.54, 1.807) is 0 Å². The van der Waals surface area contributed by atoms with Gasteiger partial charge in [0.1, 0.15) is 0 Å². The molecule has 1 saturated heterocycles. The topological polar surface area (TPSA) is 46.6 Å². The molecule has 0 spiro atoms. The number of amides is 1. The van der Waals surface area contributed by atoms with E-state index in [1.165, 1.54) is 12.8 Å². The van der Waals surface area contributed by atoms with Gasteiger partial charge in [0.2, 0.25) is 5.91 Å². The number of hydrogen-bond donors (Lipinski definition) is 0. The van der Waals surface area contributed by atoms with Gasteiger partial charge in [-0.3, -0.25) is 9.59 Å². The van der Waals surface area contributed by atoms with Crippen LogP contribution in [-0.2, 0) is 9.53 Å². The Balaban J connectivity index is 1.48. The lowest BCUT2D eigenvalue weighted by atomic mass is 9.90. The van der Waals surface area contributed by atoms with Gasteiger partial charge in [-0.25, -0.2) is 0 Å². The molecule has 1 amide bonds. The highest BCUT2D eigenvalue weighted by atomic mass is 16.5. The summed E-state index contributed by atoms with van der Waals surface area (Å²) in [5, 5.41) is 0. The zero-order valence-corrected chi connectivity index (χ0v) is 13.6. The first-order valence-corrected chi connectivity index (χ1v) is 8.75. The molecule has 3 rings (SSSR count). The number of rotatable bonds is 5. The van der Waals surface area contributed by atoms with Crippen molar-refractivity contribution in [1.82, 2.24) is 4.90 Å². The van der Waals surface area contributed by atoms with Crippen LogP contribution in [0.5, 0.6) is 0 Å². The molecule has 4 nitrogen and oxygen atoms in total. The van der Waals surface area contributed by atoms with E-state index in [9.17, 15) is 9.59 Å². The predicted octanol–water partition coefficient (Wildman–Crippen LogP) is 3.21. The van der Waals surface area contributed by atoms with Crippen LogP contribution < -0.4 is 0 Å². The van der Waals surface area contributed by atoms with Crippen LogP contribution >= 0.6 is 0 Å². The van der Waals surface area contributed by atoms with E-state index < -0.39 is 0 Å². The molecular formula is C19H25NO3. The highest BCUT2D eigenvalue weighted by molar-refractivity contribution is 5.96. The molecule has 1 aliphatic heterocycles. The van der Waals surface area contributed by atoms with Crippen LogP contribution in [0.1, 0.15) is 55.3 Å². The SMILES string of the molecule is O=C(CCCC(=O)N1CCOC2CCCCC21)c1ccccc1. The normalized spacial score (nSPS) is 24.1. The number of ketones is 1. The van der Waals surface area contributed by atoms with Gasteiger partial charge >= 0.3 is 0 Å². The monoisotopic (exact) mass is 315 g/mol. The Morgan fingerprint density at radius 2 is 1.87 bits per heavy atom. The molecule has 1 saturated carbocycles. The fourth-order valence-corrected chi connectivity index (χ4v) is 3.72. The van der Waals surface area contributed by atoms with Crippen molar-refractivity contribution in [3.63, 3.8) is 0 Å². The van der Waals surface area contributed by atoms with Gasteiger partial charge < -0.3 is 9.64 Å². The standard InChI is InChI=1S/C19H25NO3/c21-17(15-7-2-1-3-8-15)10-6-12-19(22)20-13-14-23-18-11-5-4-9-16(18)20/h1-3,7-8,16,18H,4-6,9-14H2. The maximum absolute atomic E-state index is 12.5. The lowest BCUT2D eigenvalue weighted by Crippen LogP contribution is -2.54. The molecule has 124 valence electrons. The van der Waals surface area contributed by atoms with E-state index in [-0.39, 0.29) is 23.8 Å². The van der Waals surface area contributed by atoms with Crippen LogP contribution in [0.4, 0.5) is 0 Å². The van der Waals surface area contributed by atoms with Crippen LogP contribution in [0.25, 0.3) is 0 Å². The highest BCUT2D eigenvalue weighted by Crippen LogP contribution is 2.29. The molecule has 1 aromatic carbocycles. The molecule has 0 radical (unpaired) electrons. The molecular weight excluding hydrogens is 290 g/mol. The van der Waals surface area contributed by atoms with Crippen molar-refractivity contribution < 1.29 is 14.3 Å². The second-order valence-corrected chi connectivity index (χ2v) is 6.49. The Labute approximate surface area is 137 Å². The summed E-state index contributed by atoms with van der Waals surface area (Å²) in [6.07, 6.45) is 6.26. The number of Topliss-reactive ketones (excluding diaryl/α,β-unsaturated/α-hetero) is 1. The summed E-state index contributed by atoms with van der Waals surface area (Å²) in [5.74, 6) is 0.307. The van der Waals surface area contributed by atoms with Crippen molar-refractivity contribution in [1.29, 1.82) is 0 Å². The minimum atomic E-state index is 0.121. The number of carbonyl (C=O) groups is 2. The Kier molecular flexibility index (Phi) is 5.44. The average Bonchev–Trinajstić information content (AvgIpc) is 2.61. The molecule has 1 aromatic rings. The molecule has 4 heteroatoms. The molecule has 2 unspecified atom stereocenters. The van der Waals surface area contributed by atoms with Gasteiger partial charge in [-0.05, 0) is 19.3 Å². The number of carbonyl (C=O) groups excluding carboxylic acids is 2. The van der Waals surface area contributed by atoms with Crippen molar-refractivity contribution in [3.05, 3.63) is 35.9 Å². The summed E-state index contributed by atoms with van der Waals surface area (Å²) in [7, 11) is 0. The lowest BCUT2D eigenvalue weighted by Gasteiger charge is -2.43. The molecule has 23 heavy (non-hydrogen) atoms. The highest BCUT2D eigenvalue weighted by Gasteiger charge is 2.36. The van der Waals surface area contributed by atoms with Crippen molar-refractivity contribution >= 4 is 11.7 Å². The van der Waals surface area contributed by atoms with Gasteiger partial charge in [0.15, 0.2) is 5.78 Å². The Morgan fingerprint density at radius 1 is 1.09 bits per heavy atom. The number of morpholine rings is 1. The second-order valence-electron chi connectivity index (χ2n) is 6.49. The van der Waals surface area contributed by atoms with Gasteiger partial charge in [-0.1, -0.05) is 43.2 Å². The molecule has 2 atom stereocenters. The first-order chi connectivity index (χ1) is 11.3. The van der Waals surface area contributed by atoms with Crippen LogP contribution in [0.3, 0.4) is 0 Å². The molecule has 2 aliphatic rings. The first-order valence-electron chi connectivity index (χ1n) is 8.75. The number of ether oxygens (including phenoxy) is 1. The first kappa shape index (κ1) is 16.2. The largest absolute Gasteiger partial charge is 0.374 e. The molecule has 0 N–H and O–H groups in total. The van der Waals surface area contributed by atoms with Crippen molar-refractivity contribution in [2.24, 2.45) is 0 Å². The van der Waals surface area contributed by atoms with Gasteiger partial charge in [0.25, 0.3) is 0 Å². The van der Waals surface area contributed by atoms with E-state index in [1.807, 2.05) is 35.2 Å². The summed E-state index contributed by atoms with van der Waals surface area (Å²) in [6.45, 7) is 1.35. The molecule has 1 aliphatic carbocycles. The second kappa shape index (κ2) is 7.73. The number of benzene rings is 1.